The first-order valence-corrected chi connectivity index (χ1v) is 7.86. The second-order valence-corrected chi connectivity index (χ2v) is 5.60. The number of nitrogens with one attached hydrogen (secondary N) is 1. The Morgan fingerprint density at radius 1 is 0.958 bits per heavy atom. The van der Waals surface area contributed by atoms with Gasteiger partial charge in [-0.15, -0.1) is 0 Å². The van der Waals surface area contributed by atoms with Gasteiger partial charge in [0, 0.05) is 31.3 Å². The molecular weight excluding hydrogens is 314 g/mol. The molecule has 4 nitrogen and oxygen atoms in total. The summed E-state index contributed by atoms with van der Waals surface area (Å²) in [6.07, 6.45) is 0.934. The second kappa shape index (κ2) is 7.40. The number of amides is 1. The summed E-state index contributed by atoms with van der Waals surface area (Å²) in [5.41, 5.74) is 0.578. The maximum Gasteiger partial charge on any atom is 0.253 e. The highest BCUT2D eigenvalue weighted by atomic mass is 19.2. The van der Waals surface area contributed by atoms with E-state index in [2.05, 4.69) is 5.32 Å². The number of carbonyl (C=O) groups excluding carboxylic acids is 1. The quantitative estimate of drug-likeness (QED) is 0.938. The number of nitrogens with zero attached hydrogens (tertiary/aromatic N) is 1. The van der Waals surface area contributed by atoms with Crippen molar-refractivity contribution in [1.82, 2.24) is 10.2 Å². The van der Waals surface area contributed by atoms with Crippen molar-refractivity contribution in [3.8, 4) is 11.5 Å². The molecule has 2 aromatic carbocycles. The number of halogens is 2. The van der Waals surface area contributed by atoms with Crippen LogP contribution in [0.15, 0.2) is 42.5 Å². The smallest absolute Gasteiger partial charge is 0.253 e. The summed E-state index contributed by atoms with van der Waals surface area (Å²) in [6.45, 7) is 3.14. The molecule has 0 spiro atoms. The molecule has 1 N–H and O–H groups in total. The predicted octanol–water partition coefficient (Wildman–Crippen LogP) is 3.19. The van der Waals surface area contributed by atoms with Crippen molar-refractivity contribution in [2.45, 2.75) is 6.42 Å². The van der Waals surface area contributed by atoms with Crippen LogP contribution < -0.4 is 10.1 Å². The van der Waals surface area contributed by atoms with Gasteiger partial charge in [-0.2, -0.15) is 0 Å². The summed E-state index contributed by atoms with van der Waals surface area (Å²) in [5.74, 6) is -1.25. The van der Waals surface area contributed by atoms with Crippen molar-refractivity contribution in [3.63, 3.8) is 0 Å². The minimum atomic E-state index is -0.964. The maximum absolute atomic E-state index is 13.2. The summed E-state index contributed by atoms with van der Waals surface area (Å²) in [6, 6.07) is 9.98. The third kappa shape index (κ3) is 3.89. The Morgan fingerprint density at radius 2 is 1.71 bits per heavy atom. The van der Waals surface area contributed by atoms with Gasteiger partial charge in [0.2, 0.25) is 0 Å². The number of carbonyl (C=O) groups is 1. The van der Waals surface area contributed by atoms with Crippen LogP contribution in [0.2, 0.25) is 0 Å². The zero-order chi connectivity index (χ0) is 16.9. The van der Waals surface area contributed by atoms with Crippen molar-refractivity contribution in [2.75, 3.05) is 26.2 Å². The normalized spacial score (nSPS) is 15.0. The molecule has 2 aromatic rings. The van der Waals surface area contributed by atoms with Gasteiger partial charge >= 0.3 is 0 Å². The van der Waals surface area contributed by atoms with Crippen LogP contribution in [0, 0.1) is 11.6 Å². The van der Waals surface area contributed by atoms with E-state index < -0.39 is 11.6 Å². The first kappa shape index (κ1) is 16.4. The van der Waals surface area contributed by atoms with E-state index in [1.54, 1.807) is 24.3 Å². The zero-order valence-corrected chi connectivity index (χ0v) is 13.1. The summed E-state index contributed by atoms with van der Waals surface area (Å²) >= 11 is 0. The molecule has 1 heterocycles. The summed E-state index contributed by atoms with van der Waals surface area (Å²) in [4.78, 5) is 14.3. The largest absolute Gasteiger partial charge is 0.457 e. The molecule has 0 radical (unpaired) electrons. The minimum Gasteiger partial charge on any atom is -0.457 e. The lowest BCUT2D eigenvalue weighted by atomic mass is 10.2. The number of hydrogen-bond acceptors (Lipinski definition) is 3. The Labute approximate surface area is 139 Å². The number of rotatable bonds is 3. The molecule has 1 aliphatic heterocycles. The Hall–Kier alpha value is -2.47. The van der Waals surface area contributed by atoms with Gasteiger partial charge in [0.1, 0.15) is 11.5 Å². The van der Waals surface area contributed by atoms with Gasteiger partial charge in [-0.1, -0.05) is 0 Å². The minimum absolute atomic E-state index is 0.0157. The Morgan fingerprint density at radius 3 is 2.46 bits per heavy atom. The fourth-order valence-corrected chi connectivity index (χ4v) is 2.57. The van der Waals surface area contributed by atoms with Gasteiger partial charge in [0.25, 0.3) is 5.91 Å². The fraction of sp³-hybridized carbons (Fsp3) is 0.278. The average molecular weight is 332 g/mol. The van der Waals surface area contributed by atoms with Crippen LogP contribution in [0.4, 0.5) is 8.78 Å². The standard InChI is InChI=1S/C18H18F2N2O2/c19-16-7-6-15(12-17(16)20)24-14-4-2-13(3-5-14)18(23)22-10-1-8-21-9-11-22/h2-7,12,21H,1,8-11H2. The van der Waals surface area contributed by atoms with Gasteiger partial charge in [0.15, 0.2) is 11.6 Å². The highest BCUT2D eigenvalue weighted by molar-refractivity contribution is 5.94. The molecule has 1 aliphatic rings. The Kier molecular flexibility index (Phi) is 5.05. The van der Waals surface area contributed by atoms with E-state index in [-0.39, 0.29) is 11.7 Å². The third-order valence-corrected chi connectivity index (χ3v) is 3.86. The molecule has 3 rings (SSSR count). The lowest BCUT2D eigenvalue weighted by Gasteiger charge is -2.20. The van der Waals surface area contributed by atoms with Crippen LogP contribution >= 0.6 is 0 Å². The third-order valence-electron chi connectivity index (χ3n) is 3.86. The number of benzene rings is 2. The lowest BCUT2D eigenvalue weighted by molar-refractivity contribution is 0.0766. The van der Waals surface area contributed by atoms with E-state index in [0.717, 1.165) is 38.2 Å². The summed E-state index contributed by atoms with van der Waals surface area (Å²) < 4.78 is 31.6. The molecular formula is C18H18F2N2O2. The van der Waals surface area contributed by atoms with E-state index in [4.69, 9.17) is 4.74 Å². The Bertz CT molecular complexity index is 711. The molecule has 1 saturated heterocycles. The molecule has 0 unspecified atom stereocenters. The van der Waals surface area contributed by atoms with Crippen molar-refractivity contribution in [2.24, 2.45) is 0 Å². The van der Waals surface area contributed by atoms with E-state index in [0.29, 0.717) is 17.9 Å². The average Bonchev–Trinajstić information content (AvgIpc) is 2.88. The Balaban J connectivity index is 1.68. The number of hydrogen-bond donors (Lipinski definition) is 1. The van der Waals surface area contributed by atoms with Crippen LogP contribution in [0.5, 0.6) is 11.5 Å². The van der Waals surface area contributed by atoms with E-state index in [1.165, 1.54) is 6.07 Å². The molecule has 0 atom stereocenters. The molecule has 1 fully saturated rings. The van der Waals surface area contributed by atoms with Crippen LogP contribution in [0.1, 0.15) is 16.8 Å². The first-order chi connectivity index (χ1) is 11.6. The van der Waals surface area contributed by atoms with Gasteiger partial charge in [0.05, 0.1) is 0 Å². The van der Waals surface area contributed by atoms with E-state index in [1.807, 2.05) is 4.90 Å². The SMILES string of the molecule is O=C(c1ccc(Oc2ccc(F)c(F)c2)cc1)N1CCCNCC1. The first-order valence-electron chi connectivity index (χ1n) is 7.86. The zero-order valence-electron chi connectivity index (χ0n) is 13.1. The van der Waals surface area contributed by atoms with Crippen molar-refractivity contribution >= 4 is 5.91 Å². The van der Waals surface area contributed by atoms with E-state index in [9.17, 15) is 13.6 Å². The van der Waals surface area contributed by atoms with Gasteiger partial charge in [-0.05, 0) is 49.4 Å². The van der Waals surface area contributed by atoms with Crippen molar-refractivity contribution < 1.29 is 18.3 Å². The predicted molar refractivity (Wildman–Crippen MR) is 86.3 cm³/mol. The molecule has 126 valence electrons. The van der Waals surface area contributed by atoms with Crippen LogP contribution in [-0.4, -0.2) is 37.0 Å². The lowest BCUT2D eigenvalue weighted by Crippen LogP contribution is -2.34. The number of ether oxygens (including phenoxy) is 1. The molecule has 0 saturated carbocycles. The topological polar surface area (TPSA) is 41.6 Å². The van der Waals surface area contributed by atoms with Gasteiger partial charge < -0.3 is 15.0 Å². The molecule has 1 amide bonds. The van der Waals surface area contributed by atoms with Crippen LogP contribution in [0.25, 0.3) is 0 Å². The monoisotopic (exact) mass is 332 g/mol. The van der Waals surface area contributed by atoms with Gasteiger partial charge in [-0.25, -0.2) is 8.78 Å². The summed E-state index contributed by atoms with van der Waals surface area (Å²) in [7, 11) is 0. The van der Waals surface area contributed by atoms with Crippen molar-refractivity contribution in [1.29, 1.82) is 0 Å². The highest BCUT2D eigenvalue weighted by Gasteiger charge is 2.17. The maximum atomic E-state index is 13.2. The van der Waals surface area contributed by atoms with Crippen molar-refractivity contribution in [3.05, 3.63) is 59.7 Å². The van der Waals surface area contributed by atoms with Crippen LogP contribution in [-0.2, 0) is 0 Å². The van der Waals surface area contributed by atoms with E-state index >= 15 is 0 Å². The molecule has 6 heteroatoms. The second-order valence-electron chi connectivity index (χ2n) is 5.60. The molecule has 0 aliphatic carbocycles. The highest BCUT2D eigenvalue weighted by Crippen LogP contribution is 2.23. The molecule has 0 aromatic heterocycles. The fourth-order valence-electron chi connectivity index (χ4n) is 2.57. The summed E-state index contributed by atoms with van der Waals surface area (Å²) in [5, 5.41) is 3.26. The van der Waals surface area contributed by atoms with Gasteiger partial charge in [-0.3, -0.25) is 4.79 Å². The molecule has 0 bridgehead atoms. The van der Waals surface area contributed by atoms with Crippen LogP contribution in [0.3, 0.4) is 0 Å². The molecule has 24 heavy (non-hydrogen) atoms.